The summed E-state index contributed by atoms with van der Waals surface area (Å²) >= 11 is 3.60. The summed E-state index contributed by atoms with van der Waals surface area (Å²) in [7, 11) is 0. The van der Waals surface area contributed by atoms with Crippen LogP contribution in [-0.4, -0.2) is 38.6 Å². The highest BCUT2D eigenvalue weighted by molar-refractivity contribution is 9.10. The Morgan fingerprint density at radius 2 is 1.82 bits per heavy atom. The third-order valence-electron chi connectivity index (χ3n) is 7.31. The predicted octanol–water partition coefficient (Wildman–Crippen LogP) is 6.60. The molecule has 2 heterocycles. The van der Waals surface area contributed by atoms with Crippen molar-refractivity contribution in [1.82, 2.24) is 14.5 Å². The van der Waals surface area contributed by atoms with E-state index >= 15 is 0 Å². The Labute approximate surface area is 232 Å². The maximum Gasteiger partial charge on any atom is 0.303 e. The van der Waals surface area contributed by atoms with Crippen LogP contribution in [0, 0.1) is 0 Å². The largest absolute Gasteiger partial charge is 0.489 e. The quantitative estimate of drug-likeness (QED) is 0.218. The van der Waals surface area contributed by atoms with Gasteiger partial charge in [-0.25, -0.2) is 4.98 Å². The van der Waals surface area contributed by atoms with Gasteiger partial charge in [0.2, 0.25) is 0 Å². The van der Waals surface area contributed by atoms with Gasteiger partial charge in [-0.1, -0.05) is 59.3 Å². The summed E-state index contributed by atoms with van der Waals surface area (Å²) < 4.78 is 9.73. The zero-order valence-electron chi connectivity index (χ0n) is 21.8. The second kappa shape index (κ2) is 12.1. The molecule has 1 aliphatic rings. The first-order chi connectivity index (χ1) is 18.5. The van der Waals surface area contributed by atoms with Gasteiger partial charge in [-0.15, -0.1) is 0 Å². The molecule has 1 saturated heterocycles. The van der Waals surface area contributed by atoms with E-state index in [4.69, 9.17) is 14.8 Å². The van der Waals surface area contributed by atoms with Crippen molar-refractivity contribution in [2.24, 2.45) is 0 Å². The summed E-state index contributed by atoms with van der Waals surface area (Å²) in [4.78, 5) is 18.5. The average molecular weight is 577 g/mol. The monoisotopic (exact) mass is 575 g/mol. The van der Waals surface area contributed by atoms with Gasteiger partial charge in [0.05, 0.1) is 24.1 Å². The van der Waals surface area contributed by atoms with Crippen LogP contribution in [-0.2, 0) is 37.3 Å². The molecule has 7 heteroatoms. The fourth-order valence-corrected chi connectivity index (χ4v) is 5.63. The summed E-state index contributed by atoms with van der Waals surface area (Å²) in [6, 6.07) is 20.8. The Kier molecular flexibility index (Phi) is 8.45. The number of rotatable bonds is 11. The number of fused-ring (bicyclic) bond motifs is 1. The Morgan fingerprint density at radius 3 is 2.61 bits per heavy atom. The summed E-state index contributed by atoms with van der Waals surface area (Å²) in [5.74, 6) is 1.18. The molecule has 38 heavy (non-hydrogen) atoms. The highest BCUT2D eigenvalue weighted by Crippen LogP contribution is 2.27. The van der Waals surface area contributed by atoms with E-state index < -0.39 is 5.97 Å². The summed E-state index contributed by atoms with van der Waals surface area (Å²) in [5, 5.41) is 9.05. The van der Waals surface area contributed by atoms with Gasteiger partial charge in [0.15, 0.2) is 0 Å². The van der Waals surface area contributed by atoms with Crippen LogP contribution in [0.5, 0.6) is 5.75 Å². The van der Waals surface area contributed by atoms with E-state index in [1.807, 2.05) is 24.3 Å². The number of para-hydroxylation sites is 1. The number of aromatic nitrogens is 2. The van der Waals surface area contributed by atoms with Gasteiger partial charge in [0, 0.05) is 16.5 Å². The number of aliphatic carboxylic acids is 1. The van der Waals surface area contributed by atoms with Crippen LogP contribution in [0.15, 0.2) is 65.1 Å². The lowest BCUT2D eigenvalue weighted by atomic mass is 9.98. The van der Waals surface area contributed by atoms with E-state index in [2.05, 4.69) is 68.7 Å². The van der Waals surface area contributed by atoms with Crippen LogP contribution in [0.25, 0.3) is 11.0 Å². The molecular weight excluding hydrogens is 542 g/mol. The van der Waals surface area contributed by atoms with Crippen molar-refractivity contribution in [3.05, 3.63) is 93.2 Å². The van der Waals surface area contributed by atoms with Crippen molar-refractivity contribution >= 4 is 32.9 Å². The van der Waals surface area contributed by atoms with E-state index in [1.165, 1.54) is 18.4 Å². The van der Waals surface area contributed by atoms with Crippen LogP contribution < -0.4 is 4.74 Å². The minimum Gasteiger partial charge on any atom is -0.489 e. The number of carboxylic acid groups (broad SMARTS) is 1. The van der Waals surface area contributed by atoms with Crippen molar-refractivity contribution < 1.29 is 14.6 Å². The van der Waals surface area contributed by atoms with Crippen LogP contribution in [0.1, 0.15) is 54.3 Å². The molecule has 1 N–H and O–H groups in total. The normalized spacial score (nSPS) is 13.8. The zero-order valence-corrected chi connectivity index (χ0v) is 23.4. The first-order valence-electron chi connectivity index (χ1n) is 13.4. The molecule has 1 aliphatic heterocycles. The summed E-state index contributed by atoms with van der Waals surface area (Å²) in [6.07, 6.45) is 4.07. The van der Waals surface area contributed by atoms with E-state index in [-0.39, 0.29) is 6.42 Å². The molecule has 5 rings (SSSR count). The van der Waals surface area contributed by atoms with E-state index in [0.717, 1.165) is 69.8 Å². The third-order valence-corrected chi connectivity index (χ3v) is 7.80. The summed E-state index contributed by atoms with van der Waals surface area (Å²) in [5.41, 5.74) is 6.62. The van der Waals surface area contributed by atoms with Crippen LogP contribution in [0.4, 0.5) is 0 Å². The second-order valence-corrected chi connectivity index (χ2v) is 10.9. The highest BCUT2D eigenvalue weighted by Gasteiger charge is 2.19. The molecule has 0 aliphatic carbocycles. The molecule has 0 saturated carbocycles. The molecule has 0 amide bonds. The Morgan fingerprint density at radius 1 is 1.00 bits per heavy atom. The predicted molar refractivity (Wildman–Crippen MR) is 154 cm³/mol. The number of hydrogen-bond acceptors (Lipinski definition) is 4. The summed E-state index contributed by atoms with van der Waals surface area (Å²) in [6.45, 7) is 6.35. The second-order valence-electron chi connectivity index (χ2n) is 9.98. The lowest BCUT2D eigenvalue weighted by Gasteiger charge is -2.18. The van der Waals surface area contributed by atoms with Crippen molar-refractivity contribution in [2.75, 3.05) is 13.1 Å². The van der Waals surface area contributed by atoms with Gasteiger partial charge in [-0.3, -0.25) is 9.69 Å². The molecule has 198 valence electrons. The van der Waals surface area contributed by atoms with Gasteiger partial charge in [-0.2, -0.15) is 0 Å². The van der Waals surface area contributed by atoms with Crippen LogP contribution >= 0.6 is 15.9 Å². The molecular formula is C31H34BrN3O3. The molecule has 0 unspecified atom stereocenters. The number of hydrogen-bond donors (Lipinski definition) is 1. The molecule has 0 spiro atoms. The first-order valence-corrected chi connectivity index (χ1v) is 14.2. The Balaban J connectivity index is 1.37. The Hall–Kier alpha value is -3.16. The number of aryl methyl sites for hydroxylation is 2. The van der Waals surface area contributed by atoms with Crippen LogP contribution in [0.3, 0.4) is 0 Å². The molecule has 1 aromatic heterocycles. The minimum absolute atomic E-state index is 0.149. The number of carboxylic acids is 1. The lowest BCUT2D eigenvalue weighted by Crippen LogP contribution is -2.21. The number of imidazole rings is 1. The molecule has 0 bridgehead atoms. The maximum absolute atomic E-state index is 11.0. The zero-order chi connectivity index (χ0) is 26.5. The van der Waals surface area contributed by atoms with Crippen molar-refractivity contribution in [3.63, 3.8) is 0 Å². The lowest BCUT2D eigenvalue weighted by molar-refractivity contribution is -0.136. The number of likely N-dealkylation sites (tertiary alicyclic amines) is 1. The topological polar surface area (TPSA) is 67.6 Å². The number of ether oxygens (including phenoxy) is 1. The van der Waals surface area contributed by atoms with Gasteiger partial charge in [0.25, 0.3) is 0 Å². The molecule has 6 nitrogen and oxygen atoms in total. The van der Waals surface area contributed by atoms with Gasteiger partial charge in [0.1, 0.15) is 18.2 Å². The molecule has 0 atom stereocenters. The molecule has 0 radical (unpaired) electrons. The number of halogens is 1. The fourth-order valence-electron chi connectivity index (χ4n) is 5.28. The Bertz CT molecular complexity index is 1430. The highest BCUT2D eigenvalue weighted by atomic mass is 79.9. The molecule has 1 fully saturated rings. The standard InChI is InChI=1S/C31H34BrN3O3/c1-2-23-17-22(9-10-24(23)11-14-31(36)37)21-38-29-8-4-3-7-25(29)19-35-28-13-12-26(32)18-27(28)33-30(35)20-34-15-5-6-16-34/h3-4,7-10,12-13,17-18H,2,5-6,11,14-16,19-21H2,1H3,(H,36,37). The average Bonchev–Trinajstić information content (AvgIpc) is 3.54. The van der Waals surface area contributed by atoms with Gasteiger partial charge < -0.3 is 14.4 Å². The van der Waals surface area contributed by atoms with Crippen LogP contribution in [0.2, 0.25) is 0 Å². The minimum atomic E-state index is -0.766. The third kappa shape index (κ3) is 6.27. The van der Waals surface area contributed by atoms with E-state index in [9.17, 15) is 4.79 Å². The molecule has 3 aromatic carbocycles. The van der Waals surface area contributed by atoms with Gasteiger partial charge in [-0.05, 0) is 79.7 Å². The molecule has 4 aromatic rings. The number of benzene rings is 3. The van der Waals surface area contributed by atoms with Gasteiger partial charge >= 0.3 is 5.97 Å². The maximum atomic E-state index is 11.0. The first kappa shape index (κ1) is 26.4. The van der Waals surface area contributed by atoms with Crippen molar-refractivity contribution in [2.45, 2.75) is 58.7 Å². The number of nitrogens with zero attached hydrogens (tertiary/aromatic N) is 3. The SMILES string of the molecule is CCc1cc(COc2ccccc2Cn2c(CN3CCCC3)nc3cc(Br)ccc32)ccc1CCC(=O)O. The van der Waals surface area contributed by atoms with E-state index in [1.54, 1.807) is 0 Å². The smallest absolute Gasteiger partial charge is 0.303 e. The van der Waals surface area contributed by atoms with Crippen molar-refractivity contribution in [1.29, 1.82) is 0 Å². The fraction of sp³-hybridized carbons (Fsp3) is 0.355. The van der Waals surface area contributed by atoms with Crippen molar-refractivity contribution in [3.8, 4) is 5.75 Å². The number of carbonyl (C=O) groups is 1. The van der Waals surface area contributed by atoms with E-state index in [0.29, 0.717) is 19.6 Å².